The first-order valence-corrected chi connectivity index (χ1v) is 7.49. The summed E-state index contributed by atoms with van der Waals surface area (Å²) in [6.45, 7) is 2.21. The third-order valence-electron chi connectivity index (χ3n) is 3.20. The first kappa shape index (κ1) is 13.3. The molecule has 6 heteroatoms. The van der Waals surface area contributed by atoms with Crippen molar-refractivity contribution in [2.45, 2.75) is 30.5 Å². The molecule has 2 unspecified atom stereocenters. The summed E-state index contributed by atoms with van der Waals surface area (Å²) in [5.74, 6) is -0.763. The Morgan fingerprint density at radius 3 is 2.78 bits per heavy atom. The lowest BCUT2D eigenvalue weighted by molar-refractivity contribution is 0.126. The largest absolute Gasteiger partial charge is 0.396 e. The molecule has 0 saturated carbocycles. The van der Waals surface area contributed by atoms with Gasteiger partial charge in [-0.3, -0.25) is 0 Å². The van der Waals surface area contributed by atoms with E-state index in [1.54, 1.807) is 6.92 Å². The normalized spacial score (nSPS) is 24.3. The third kappa shape index (κ3) is 2.64. The number of halogens is 1. The van der Waals surface area contributed by atoms with Gasteiger partial charge in [0.1, 0.15) is 5.82 Å². The Balaban J connectivity index is 2.19. The summed E-state index contributed by atoms with van der Waals surface area (Å²) in [5, 5.41) is -0.502. The van der Waals surface area contributed by atoms with E-state index in [0.717, 1.165) is 0 Å². The maximum absolute atomic E-state index is 13.3. The van der Waals surface area contributed by atoms with Crippen LogP contribution in [0.15, 0.2) is 18.2 Å². The van der Waals surface area contributed by atoms with Crippen LogP contribution in [0.2, 0.25) is 0 Å². The molecule has 0 bridgehead atoms. The maximum Gasteiger partial charge on any atom is 0.159 e. The lowest BCUT2D eigenvalue weighted by atomic mass is 10.2. The number of ether oxygens (including phenoxy) is 1. The molecule has 2 rings (SSSR count). The molecule has 2 N–H and O–H groups in total. The van der Waals surface area contributed by atoms with E-state index in [-0.39, 0.29) is 17.5 Å². The van der Waals surface area contributed by atoms with E-state index in [1.807, 2.05) is 0 Å². The van der Waals surface area contributed by atoms with Gasteiger partial charge in [0.2, 0.25) is 0 Å². The second kappa shape index (κ2) is 4.85. The molecular formula is C12H16FNO3S. The van der Waals surface area contributed by atoms with Crippen LogP contribution in [0, 0.1) is 5.82 Å². The van der Waals surface area contributed by atoms with Crippen molar-refractivity contribution < 1.29 is 17.5 Å². The highest BCUT2D eigenvalue weighted by Gasteiger charge is 2.35. The number of hydrogen-bond acceptors (Lipinski definition) is 4. The van der Waals surface area contributed by atoms with Gasteiger partial charge in [0.25, 0.3) is 0 Å². The minimum Gasteiger partial charge on any atom is -0.396 e. The zero-order valence-corrected chi connectivity index (χ0v) is 10.9. The summed E-state index contributed by atoms with van der Waals surface area (Å²) in [6, 6.07) is 4.10. The number of hydrogen-bond donors (Lipinski definition) is 1. The molecule has 0 aliphatic carbocycles. The number of sulfone groups is 1. The van der Waals surface area contributed by atoms with Crippen LogP contribution in [0.25, 0.3) is 0 Å². The van der Waals surface area contributed by atoms with Crippen molar-refractivity contribution in [3.8, 4) is 0 Å². The van der Waals surface area contributed by atoms with E-state index in [2.05, 4.69) is 0 Å². The minimum absolute atomic E-state index is 0.0220. The molecule has 1 fully saturated rings. The van der Waals surface area contributed by atoms with Crippen molar-refractivity contribution >= 4 is 15.5 Å². The highest BCUT2D eigenvalue weighted by molar-refractivity contribution is 7.91. The van der Waals surface area contributed by atoms with Gasteiger partial charge < -0.3 is 10.5 Å². The van der Waals surface area contributed by atoms with Crippen LogP contribution in [0.5, 0.6) is 0 Å². The lowest BCUT2D eigenvalue weighted by Gasteiger charge is -2.15. The fourth-order valence-corrected chi connectivity index (χ4v) is 4.16. The Hall–Kier alpha value is -1.14. The van der Waals surface area contributed by atoms with Crippen molar-refractivity contribution in [1.29, 1.82) is 0 Å². The van der Waals surface area contributed by atoms with Gasteiger partial charge in [-0.05, 0) is 31.0 Å². The van der Waals surface area contributed by atoms with E-state index >= 15 is 0 Å². The number of nitrogen functional groups attached to an aromatic ring is 1. The van der Waals surface area contributed by atoms with Gasteiger partial charge in [-0.2, -0.15) is 0 Å². The SMILES string of the molecule is CC1OCCC1S(=O)(=O)Cc1ccc(N)c(F)c1. The topological polar surface area (TPSA) is 69.4 Å². The number of anilines is 1. The predicted molar refractivity (Wildman–Crippen MR) is 67.3 cm³/mol. The van der Waals surface area contributed by atoms with E-state index in [1.165, 1.54) is 18.2 Å². The highest BCUT2D eigenvalue weighted by atomic mass is 32.2. The van der Waals surface area contributed by atoms with Gasteiger partial charge >= 0.3 is 0 Å². The van der Waals surface area contributed by atoms with Crippen LogP contribution in [0.1, 0.15) is 18.9 Å². The molecule has 1 saturated heterocycles. The summed E-state index contributed by atoms with van der Waals surface area (Å²) < 4.78 is 42.9. The second-order valence-electron chi connectivity index (χ2n) is 4.57. The first-order valence-electron chi connectivity index (χ1n) is 5.77. The Morgan fingerprint density at radius 1 is 1.50 bits per heavy atom. The maximum atomic E-state index is 13.3. The highest BCUT2D eigenvalue weighted by Crippen LogP contribution is 2.24. The molecule has 1 aromatic rings. The Morgan fingerprint density at radius 2 is 2.22 bits per heavy atom. The zero-order valence-electron chi connectivity index (χ0n) is 10.1. The molecule has 1 aromatic carbocycles. The molecule has 1 aliphatic rings. The summed E-state index contributed by atoms with van der Waals surface area (Å²) in [6.07, 6.45) is 0.203. The lowest BCUT2D eigenvalue weighted by Crippen LogP contribution is -2.29. The van der Waals surface area contributed by atoms with E-state index in [0.29, 0.717) is 18.6 Å². The molecule has 0 amide bonds. The smallest absolute Gasteiger partial charge is 0.159 e. The quantitative estimate of drug-likeness (QED) is 0.847. The molecule has 18 heavy (non-hydrogen) atoms. The summed E-state index contributed by atoms with van der Waals surface area (Å²) in [4.78, 5) is 0. The standard InChI is InChI=1S/C12H16FNO3S/c1-8-12(4-5-17-8)18(15,16)7-9-2-3-11(14)10(13)6-9/h2-3,6,8,12H,4-5,7,14H2,1H3. The number of rotatable bonds is 3. The molecule has 0 radical (unpaired) electrons. The predicted octanol–water partition coefficient (Wildman–Crippen LogP) is 1.50. The van der Waals surface area contributed by atoms with E-state index in [4.69, 9.17) is 10.5 Å². The fourth-order valence-electron chi connectivity index (χ4n) is 2.18. The van der Waals surface area contributed by atoms with Crippen molar-refractivity contribution in [2.24, 2.45) is 0 Å². The van der Waals surface area contributed by atoms with Crippen molar-refractivity contribution in [1.82, 2.24) is 0 Å². The molecule has 0 aromatic heterocycles. The van der Waals surface area contributed by atoms with Crippen LogP contribution in [-0.2, 0) is 20.3 Å². The first-order chi connectivity index (χ1) is 8.40. The Kier molecular flexibility index (Phi) is 3.59. The fraction of sp³-hybridized carbons (Fsp3) is 0.500. The summed E-state index contributed by atoms with van der Waals surface area (Å²) in [7, 11) is -3.32. The van der Waals surface area contributed by atoms with Crippen molar-refractivity contribution in [3.05, 3.63) is 29.6 Å². The summed E-state index contributed by atoms with van der Waals surface area (Å²) >= 11 is 0. The molecular weight excluding hydrogens is 257 g/mol. The van der Waals surface area contributed by atoms with Crippen LogP contribution in [0.4, 0.5) is 10.1 Å². The second-order valence-corrected chi connectivity index (χ2v) is 6.79. The molecule has 100 valence electrons. The number of benzene rings is 1. The van der Waals surface area contributed by atoms with Gasteiger partial charge in [-0.1, -0.05) is 6.07 Å². The molecule has 1 aliphatic heterocycles. The zero-order chi connectivity index (χ0) is 13.3. The average molecular weight is 273 g/mol. The Labute approximate surface area is 106 Å². The van der Waals surface area contributed by atoms with Gasteiger partial charge in [-0.25, -0.2) is 12.8 Å². The van der Waals surface area contributed by atoms with E-state index < -0.39 is 20.9 Å². The van der Waals surface area contributed by atoms with Crippen LogP contribution < -0.4 is 5.73 Å². The van der Waals surface area contributed by atoms with Crippen molar-refractivity contribution in [3.63, 3.8) is 0 Å². The molecule has 1 heterocycles. The number of nitrogens with two attached hydrogens (primary N) is 1. The molecule has 0 spiro atoms. The average Bonchev–Trinajstić information content (AvgIpc) is 2.70. The third-order valence-corrected chi connectivity index (χ3v) is 5.48. The van der Waals surface area contributed by atoms with Crippen LogP contribution in [0.3, 0.4) is 0 Å². The van der Waals surface area contributed by atoms with Gasteiger partial charge in [0.15, 0.2) is 9.84 Å². The Bertz CT molecular complexity index is 544. The van der Waals surface area contributed by atoms with Gasteiger partial charge in [0, 0.05) is 6.61 Å². The molecule has 4 nitrogen and oxygen atoms in total. The van der Waals surface area contributed by atoms with Crippen LogP contribution in [-0.4, -0.2) is 26.4 Å². The summed E-state index contributed by atoms with van der Waals surface area (Å²) in [5.41, 5.74) is 5.79. The van der Waals surface area contributed by atoms with E-state index in [9.17, 15) is 12.8 Å². The van der Waals surface area contributed by atoms with Gasteiger partial charge in [-0.15, -0.1) is 0 Å². The van der Waals surface area contributed by atoms with Gasteiger partial charge in [0.05, 0.1) is 22.8 Å². The van der Waals surface area contributed by atoms with Crippen molar-refractivity contribution in [2.75, 3.05) is 12.3 Å². The van der Waals surface area contributed by atoms with Crippen LogP contribution >= 0.6 is 0 Å². The monoisotopic (exact) mass is 273 g/mol. The molecule has 2 atom stereocenters. The minimum atomic E-state index is -3.32.